The van der Waals surface area contributed by atoms with Crippen LogP contribution < -0.4 is 10.1 Å². The van der Waals surface area contributed by atoms with Crippen molar-refractivity contribution < 1.29 is 9.53 Å². The molecule has 4 nitrogen and oxygen atoms in total. The van der Waals surface area contributed by atoms with E-state index in [1.807, 2.05) is 0 Å². The fraction of sp³-hybridized carbons (Fsp3) is 0.682. The molecule has 1 amide bonds. The second-order valence-electron chi connectivity index (χ2n) is 8.17. The first-order valence-electron chi connectivity index (χ1n) is 10.3. The van der Waals surface area contributed by atoms with Crippen molar-refractivity contribution in [2.24, 2.45) is 5.92 Å². The van der Waals surface area contributed by atoms with Crippen LogP contribution in [0.2, 0.25) is 0 Å². The minimum atomic E-state index is 0.185. The van der Waals surface area contributed by atoms with Crippen LogP contribution in [-0.4, -0.2) is 43.1 Å². The van der Waals surface area contributed by atoms with Crippen LogP contribution in [0.15, 0.2) is 18.2 Å². The molecule has 0 atom stereocenters. The number of carbonyl (C=O) groups is 1. The number of benzene rings is 1. The van der Waals surface area contributed by atoms with Gasteiger partial charge in [0.15, 0.2) is 0 Å². The van der Waals surface area contributed by atoms with Crippen molar-refractivity contribution in [1.29, 1.82) is 0 Å². The lowest BCUT2D eigenvalue weighted by Crippen LogP contribution is -2.44. The molecule has 1 aromatic rings. The van der Waals surface area contributed by atoms with Gasteiger partial charge in [-0.25, -0.2) is 0 Å². The van der Waals surface area contributed by atoms with E-state index in [4.69, 9.17) is 4.74 Å². The number of hydrogen-bond acceptors (Lipinski definition) is 3. The van der Waals surface area contributed by atoms with E-state index >= 15 is 0 Å². The van der Waals surface area contributed by atoms with Crippen molar-refractivity contribution in [3.05, 3.63) is 29.3 Å². The monoisotopic (exact) mass is 358 g/mol. The molecule has 0 radical (unpaired) electrons. The molecule has 1 heterocycles. The van der Waals surface area contributed by atoms with Gasteiger partial charge in [0.05, 0.1) is 6.54 Å². The Bertz CT molecular complexity index is 588. The predicted octanol–water partition coefficient (Wildman–Crippen LogP) is 3.84. The Morgan fingerprint density at radius 3 is 2.58 bits per heavy atom. The second kappa shape index (κ2) is 9.40. The van der Waals surface area contributed by atoms with Gasteiger partial charge >= 0.3 is 0 Å². The quantitative estimate of drug-likeness (QED) is 0.840. The van der Waals surface area contributed by atoms with Gasteiger partial charge in [0.1, 0.15) is 11.9 Å². The standard InChI is InChI=1S/C22H34N2O2/c1-17-8-9-18(2)21(14-17)26-20-10-12-24(13-11-20)16-22(25)23-15-19-6-4-3-5-7-19/h8-9,14,19-20H,3-7,10-13,15-16H2,1-2H3,(H,23,25). The molecule has 0 bridgehead atoms. The average Bonchev–Trinajstić information content (AvgIpc) is 2.65. The number of nitrogens with zero attached hydrogens (tertiary/aromatic N) is 1. The Hall–Kier alpha value is -1.55. The highest BCUT2D eigenvalue weighted by Crippen LogP contribution is 2.24. The Morgan fingerprint density at radius 1 is 1.12 bits per heavy atom. The van der Waals surface area contributed by atoms with E-state index in [2.05, 4.69) is 42.3 Å². The molecule has 0 spiro atoms. The zero-order valence-corrected chi connectivity index (χ0v) is 16.4. The smallest absolute Gasteiger partial charge is 0.234 e. The lowest BCUT2D eigenvalue weighted by molar-refractivity contribution is -0.123. The molecule has 4 heteroatoms. The molecule has 26 heavy (non-hydrogen) atoms. The summed E-state index contributed by atoms with van der Waals surface area (Å²) in [6.07, 6.45) is 8.82. The molecule has 1 N–H and O–H groups in total. The summed E-state index contributed by atoms with van der Waals surface area (Å²) in [5, 5.41) is 3.15. The van der Waals surface area contributed by atoms with E-state index in [1.165, 1.54) is 43.2 Å². The number of carbonyl (C=O) groups excluding carboxylic acids is 1. The van der Waals surface area contributed by atoms with Gasteiger partial charge in [-0.2, -0.15) is 0 Å². The van der Waals surface area contributed by atoms with Gasteiger partial charge in [-0.3, -0.25) is 9.69 Å². The minimum absolute atomic E-state index is 0.185. The maximum Gasteiger partial charge on any atom is 0.234 e. The summed E-state index contributed by atoms with van der Waals surface area (Å²) in [5.41, 5.74) is 2.43. The normalized spacial score (nSPS) is 20.1. The van der Waals surface area contributed by atoms with Crippen molar-refractivity contribution >= 4 is 5.91 Å². The molecule has 3 rings (SSSR count). The third kappa shape index (κ3) is 5.73. The van der Waals surface area contributed by atoms with E-state index in [0.717, 1.165) is 38.2 Å². The van der Waals surface area contributed by atoms with Gasteiger partial charge in [0.25, 0.3) is 0 Å². The van der Waals surface area contributed by atoms with Gasteiger partial charge in [-0.05, 0) is 62.6 Å². The lowest BCUT2D eigenvalue weighted by atomic mass is 9.89. The Balaban J connectivity index is 1.36. The average molecular weight is 359 g/mol. The van der Waals surface area contributed by atoms with Crippen molar-refractivity contribution in [1.82, 2.24) is 10.2 Å². The third-order valence-electron chi connectivity index (χ3n) is 5.85. The van der Waals surface area contributed by atoms with Crippen LogP contribution in [0.3, 0.4) is 0 Å². The van der Waals surface area contributed by atoms with Gasteiger partial charge in [0, 0.05) is 19.6 Å². The van der Waals surface area contributed by atoms with E-state index in [1.54, 1.807) is 0 Å². The molecule has 1 aliphatic carbocycles. The maximum absolute atomic E-state index is 12.2. The van der Waals surface area contributed by atoms with E-state index in [9.17, 15) is 4.79 Å². The molecule has 2 aliphatic rings. The van der Waals surface area contributed by atoms with Gasteiger partial charge in [-0.1, -0.05) is 31.4 Å². The molecule has 1 aliphatic heterocycles. The van der Waals surface area contributed by atoms with E-state index in [0.29, 0.717) is 12.5 Å². The number of likely N-dealkylation sites (tertiary alicyclic amines) is 1. The summed E-state index contributed by atoms with van der Waals surface area (Å²) in [7, 11) is 0. The second-order valence-corrected chi connectivity index (χ2v) is 8.17. The largest absolute Gasteiger partial charge is 0.490 e. The highest BCUT2D eigenvalue weighted by Gasteiger charge is 2.23. The Labute approximate surface area is 158 Å². The van der Waals surface area contributed by atoms with Crippen molar-refractivity contribution in [3.8, 4) is 5.75 Å². The van der Waals surface area contributed by atoms with Crippen molar-refractivity contribution in [3.63, 3.8) is 0 Å². The summed E-state index contributed by atoms with van der Waals surface area (Å²) in [6, 6.07) is 6.37. The predicted molar refractivity (Wildman–Crippen MR) is 106 cm³/mol. The van der Waals surface area contributed by atoms with Crippen LogP contribution in [0.5, 0.6) is 5.75 Å². The van der Waals surface area contributed by atoms with Crippen LogP contribution in [-0.2, 0) is 4.79 Å². The first-order chi connectivity index (χ1) is 12.6. The number of rotatable bonds is 6. The zero-order chi connectivity index (χ0) is 18.4. The summed E-state index contributed by atoms with van der Waals surface area (Å²) in [5.74, 6) is 1.89. The molecule has 1 saturated heterocycles. The SMILES string of the molecule is Cc1ccc(C)c(OC2CCN(CC(=O)NCC3CCCCC3)CC2)c1. The van der Waals surface area contributed by atoms with Crippen molar-refractivity contribution in [2.75, 3.05) is 26.2 Å². The summed E-state index contributed by atoms with van der Waals surface area (Å²) < 4.78 is 6.22. The summed E-state index contributed by atoms with van der Waals surface area (Å²) >= 11 is 0. The number of amides is 1. The Kier molecular flexibility index (Phi) is 6.95. The molecule has 0 aromatic heterocycles. The topological polar surface area (TPSA) is 41.6 Å². The number of aryl methyl sites for hydroxylation is 2. The molecule has 144 valence electrons. The van der Waals surface area contributed by atoms with Crippen LogP contribution in [0, 0.1) is 19.8 Å². The molecule has 1 saturated carbocycles. The fourth-order valence-electron chi connectivity index (χ4n) is 4.11. The van der Waals surface area contributed by atoms with Crippen LogP contribution in [0.1, 0.15) is 56.1 Å². The van der Waals surface area contributed by atoms with E-state index < -0.39 is 0 Å². The fourth-order valence-corrected chi connectivity index (χ4v) is 4.11. The molecular formula is C22H34N2O2. The van der Waals surface area contributed by atoms with E-state index in [-0.39, 0.29) is 12.0 Å². The minimum Gasteiger partial charge on any atom is -0.490 e. The highest BCUT2D eigenvalue weighted by molar-refractivity contribution is 5.78. The molecular weight excluding hydrogens is 324 g/mol. The lowest BCUT2D eigenvalue weighted by Gasteiger charge is -2.32. The van der Waals surface area contributed by atoms with Crippen LogP contribution >= 0.6 is 0 Å². The van der Waals surface area contributed by atoms with Crippen LogP contribution in [0.25, 0.3) is 0 Å². The zero-order valence-electron chi connectivity index (χ0n) is 16.4. The van der Waals surface area contributed by atoms with Crippen molar-refractivity contribution in [2.45, 2.75) is 64.9 Å². The first-order valence-corrected chi connectivity index (χ1v) is 10.3. The molecule has 0 unspecified atom stereocenters. The number of ether oxygens (including phenoxy) is 1. The van der Waals surface area contributed by atoms with Gasteiger partial charge in [-0.15, -0.1) is 0 Å². The van der Waals surface area contributed by atoms with Gasteiger partial charge in [0.2, 0.25) is 5.91 Å². The summed E-state index contributed by atoms with van der Waals surface area (Å²) in [4.78, 5) is 14.5. The number of nitrogens with one attached hydrogen (secondary N) is 1. The Morgan fingerprint density at radius 2 is 1.85 bits per heavy atom. The molecule has 1 aromatic carbocycles. The maximum atomic E-state index is 12.2. The highest BCUT2D eigenvalue weighted by atomic mass is 16.5. The number of piperidine rings is 1. The van der Waals surface area contributed by atoms with Crippen LogP contribution in [0.4, 0.5) is 0 Å². The van der Waals surface area contributed by atoms with Gasteiger partial charge < -0.3 is 10.1 Å². The molecule has 2 fully saturated rings. The first kappa shape index (κ1) is 19.2. The number of hydrogen-bond donors (Lipinski definition) is 1. The summed E-state index contributed by atoms with van der Waals surface area (Å²) in [6.45, 7) is 7.47. The third-order valence-corrected chi connectivity index (χ3v) is 5.85.